The first kappa shape index (κ1) is 18.4. The largest absolute Gasteiger partial charge is 0.392 e. The molecule has 1 heterocycles. The van der Waals surface area contributed by atoms with Gasteiger partial charge in [-0.1, -0.05) is 30.3 Å². The molecule has 0 bridgehead atoms. The van der Waals surface area contributed by atoms with Crippen molar-refractivity contribution < 1.29 is 9.90 Å². The van der Waals surface area contributed by atoms with Crippen molar-refractivity contribution in [2.45, 2.75) is 44.2 Å². The summed E-state index contributed by atoms with van der Waals surface area (Å²) in [5, 5.41) is 12.7. The summed E-state index contributed by atoms with van der Waals surface area (Å²) < 4.78 is 0. The molecule has 1 aromatic rings. The number of amides is 1. The predicted molar refractivity (Wildman–Crippen MR) is 99.5 cm³/mol. The summed E-state index contributed by atoms with van der Waals surface area (Å²) in [7, 11) is 0. The Morgan fingerprint density at radius 3 is 2.64 bits per heavy atom. The van der Waals surface area contributed by atoms with Crippen LogP contribution < -0.4 is 5.32 Å². The number of nitrogens with one attached hydrogen (secondary N) is 1. The maximum absolute atomic E-state index is 12.4. The summed E-state index contributed by atoms with van der Waals surface area (Å²) in [4.78, 5) is 16.9. The van der Waals surface area contributed by atoms with Gasteiger partial charge in [-0.05, 0) is 32.3 Å². The Hall–Kier alpha value is -1.43. The number of hydrogen-bond donors (Lipinski definition) is 2. The first-order valence-corrected chi connectivity index (χ1v) is 9.45. The molecule has 2 fully saturated rings. The first-order chi connectivity index (χ1) is 12.0. The van der Waals surface area contributed by atoms with E-state index in [1.165, 1.54) is 5.56 Å². The van der Waals surface area contributed by atoms with Crippen LogP contribution in [0, 0.1) is 0 Å². The lowest BCUT2D eigenvalue weighted by Crippen LogP contribution is -2.55. The van der Waals surface area contributed by atoms with Gasteiger partial charge in [0.15, 0.2) is 0 Å². The van der Waals surface area contributed by atoms with E-state index in [1.54, 1.807) is 0 Å². The van der Waals surface area contributed by atoms with Crippen LogP contribution in [0.4, 0.5) is 0 Å². The monoisotopic (exact) mass is 345 g/mol. The number of piperazine rings is 1. The Bertz CT molecular complexity index is 572. The first-order valence-electron chi connectivity index (χ1n) is 9.45. The molecule has 3 rings (SSSR count). The van der Waals surface area contributed by atoms with Gasteiger partial charge in [0.05, 0.1) is 12.6 Å². The summed E-state index contributed by atoms with van der Waals surface area (Å²) in [5.41, 5.74) is 1.51. The number of carbonyl (C=O) groups is 1. The Labute approximate surface area is 151 Å². The van der Waals surface area contributed by atoms with E-state index in [9.17, 15) is 9.90 Å². The Morgan fingerprint density at radius 2 is 2.04 bits per heavy atom. The fourth-order valence-corrected chi connectivity index (χ4v) is 3.86. The van der Waals surface area contributed by atoms with E-state index in [-0.39, 0.29) is 17.4 Å². The van der Waals surface area contributed by atoms with Crippen LogP contribution in [-0.4, -0.2) is 72.2 Å². The van der Waals surface area contributed by atoms with Gasteiger partial charge < -0.3 is 10.4 Å². The van der Waals surface area contributed by atoms with Crippen molar-refractivity contribution in [2.75, 3.05) is 39.3 Å². The van der Waals surface area contributed by atoms with Crippen LogP contribution >= 0.6 is 0 Å². The van der Waals surface area contributed by atoms with Crippen molar-refractivity contribution in [2.24, 2.45) is 0 Å². The van der Waals surface area contributed by atoms with E-state index in [2.05, 4.69) is 46.3 Å². The second-order valence-electron chi connectivity index (χ2n) is 7.85. The molecule has 0 unspecified atom stereocenters. The van der Waals surface area contributed by atoms with Gasteiger partial charge in [-0.2, -0.15) is 0 Å². The van der Waals surface area contributed by atoms with Crippen molar-refractivity contribution >= 4 is 5.91 Å². The van der Waals surface area contributed by atoms with Gasteiger partial charge in [0.25, 0.3) is 0 Å². The van der Waals surface area contributed by atoms with E-state index >= 15 is 0 Å². The fraction of sp³-hybridized carbons (Fsp3) is 0.650. The molecule has 5 heteroatoms. The van der Waals surface area contributed by atoms with Crippen LogP contribution in [0.15, 0.2) is 30.3 Å². The fourth-order valence-electron chi connectivity index (χ4n) is 3.86. The number of rotatable bonds is 7. The zero-order valence-corrected chi connectivity index (χ0v) is 15.4. The average molecular weight is 345 g/mol. The summed E-state index contributed by atoms with van der Waals surface area (Å²) in [6, 6.07) is 10.9. The van der Waals surface area contributed by atoms with Gasteiger partial charge in [-0.3, -0.25) is 14.6 Å². The van der Waals surface area contributed by atoms with E-state index in [0.717, 1.165) is 39.0 Å². The lowest BCUT2D eigenvalue weighted by Gasteiger charge is -2.40. The number of aliphatic hydroxyl groups is 1. The van der Waals surface area contributed by atoms with Crippen molar-refractivity contribution in [3.8, 4) is 0 Å². The van der Waals surface area contributed by atoms with Crippen LogP contribution in [0.3, 0.4) is 0 Å². The Morgan fingerprint density at radius 1 is 1.32 bits per heavy atom. The highest BCUT2D eigenvalue weighted by Crippen LogP contribution is 2.47. The number of aliphatic hydroxyl groups excluding tert-OH is 1. The molecule has 1 aromatic carbocycles. The third-order valence-corrected chi connectivity index (χ3v) is 5.58. The summed E-state index contributed by atoms with van der Waals surface area (Å²) in [6.07, 6.45) is 2.02. The maximum atomic E-state index is 12.4. The van der Waals surface area contributed by atoms with Crippen molar-refractivity contribution in [3.05, 3.63) is 35.9 Å². The number of hydrogen-bond acceptors (Lipinski definition) is 4. The molecule has 0 aromatic heterocycles. The number of benzene rings is 1. The van der Waals surface area contributed by atoms with Gasteiger partial charge in [-0.15, -0.1) is 0 Å². The summed E-state index contributed by atoms with van der Waals surface area (Å²) in [5.74, 6) is 0.124. The molecule has 1 amide bonds. The minimum atomic E-state index is -0.301. The third-order valence-electron chi connectivity index (χ3n) is 5.58. The molecular weight excluding hydrogens is 314 g/mol. The molecule has 0 radical (unpaired) electrons. The molecule has 25 heavy (non-hydrogen) atoms. The zero-order valence-electron chi connectivity index (χ0n) is 15.4. The van der Waals surface area contributed by atoms with Crippen LogP contribution in [0.5, 0.6) is 0 Å². The van der Waals surface area contributed by atoms with E-state index in [0.29, 0.717) is 19.1 Å². The van der Waals surface area contributed by atoms with Crippen molar-refractivity contribution in [1.29, 1.82) is 0 Å². The molecule has 2 atom stereocenters. The summed E-state index contributed by atoms with van der Waals surface area (Å²) in [6.45, 7) is 8.59. The van der Waals surface area contributed by atoms with Gasteiger partial charge in [0.1, 0.15) is 0 Å². The highest BCUT2D eigenvalue weighted by atomic mass is 16.3. The molecule has 5 nitrogen and oxygen atoms in total. The van der Waals surface area contributed by atoms with Crippen LogP contribution in [0.1, 0.15) is 32.3 Å². The minimum Gasteiger partial charge on any atom is -0.392 e. The molecule has 1 aliphatic carbocycles. The standard InChI is InChI=1S/C20H31N3O2/c1-16-12-22(10-11-23(16)13-17(2)24)14-19(25)21-15-20(8-9-20)18-6-4-3-5-7-18/h3-7,16-17,24H,8-15H2,1-2H3,(H,21,25)/t16-,17+/m1/s1. The molecule has 1 saturated heterocycles. The number of nitrogens with zero attached hydrogens (tertiary/aromatic N) is 2. The highest BCUT2D eigenvalue weighted by Gasteiger charge is 2.44. The smallest absolute Gasteiger partial charge is 0.234 e. The van der Waals surface area contributed by atoms with Crippen LogP contribution in [0.2, 0.25) is 0 Å². The third kappa shape index (κ3) is 4.81. The molecule has 1 aliphatic heterocycles. The molecule has 2 aliphatic rings. The quantitative estimate of drug-likeness (QED) is 0.780. The van der Waals surface area contributed by atoms with Crippen molar-refractivity contribution in [3.63, 3.8) is 0 Å². The van der Waals surface area contributed by atoms with Gasteiger partial charge in [0, 0.05) is 44.2 Å². The van der Waals surface area contributed by atoms with E-state index in [1.807, 2.05) is 13.0 Å². The minimum absolute atomic E-state index is 0.124. The van der Waals surface area contributed by atoms with Crippen LogP contribution in [-0.2, 0) is 10.2 Å². The maximum Gasteiger partial charge on any atom is 0.234 e. The molecular formula is C20H31N3O2. The Balaban J connectivity index is 1.43. The van der Waals surface area contributed by atoms with Gasteiger partial charge in [0.2, 0.25) is 5.91 Å². The van der Waals surface area contributed by atoms with E-state index in [4.69, 9.17) is 0 Å². The lowest BCUT2D eigenvalue weighted by molar-refractivity contribution is -0.123. The molecule has 138 valence electrons. The normalized spacial score (nSPS) is 24.7. The molecule has 0 spiro atoms. The number of β-amino-alcohol motifs (C(OH)–C–C–N with tert-alkyl or cyclic N) is 1. The van der Waals surface area contributed by atoms with Crippen LogP contribution in [0.25, 0.3) is 0 Å². The molecule has 1 saturated carbocycles. The predicted octanol–water partition coefficient (Wildman–Crippen LogP) is 1.22. The zero-order chi connectivity index (χ0) is 17.9. The molecule has 2 N–H and O–H groups in total. The second kappa shape index (κ2) is 7.85. The van der Waals surface area contributed by atoms with Crippen molar-refractivity contribution in [1.82, 2.24) is 15.1 Å². The SMILES string of the molecule is C[C@H](O)CN1CCN(CC(=O)NCC2(c3ccccc3)CC2)C[C@H]1C. The number of carbonyl (C=O) groups excluding carboxylic acids is 1. The highest BCUT2D eigenvalue weighted by molar-refractivity contribution is 5.78. The average Bonchev–Trinajstić information content (AvgIpc) is 3.37. The van der Waals surface area contributed by atoms with E-state index < -0.39 is 0 Å². The Kier molecular flexibility index (Phi) is 5.77. The topological polar surface area (TPSA) is 55.8 Å². The second-order valence-corrected chi connectivity index (χ2v) is 7.85. The lowest BCUT2D eigenvalue weighted by atomic mass is 9.96. The van der Waals surface area contributed by atoms with Gasteiger partial charge >= 0.3 is 0 Å². The van der Waals surface area contributed by atoms with Gasteiger partial charge in [-0.25, -0.2) is 0 Å². The summed E-state index contributed by atoms with van der Waals surface area (Å²) >= 11 is 0.